The van der Waals surface area contributed by atoms with Gasteiger partial charge < -0.3 is 10.2 Å². The van der Waals surface area contributed by atoms with E-state index in [-0.39, 0.29) is 0 Å². The van der Waals surface area contributed by atoms with Gasteiger partial charge in [-0.1, -0.05) is 0 Å². The molecule has 78 valence electrons. The quantitative estimate of drug-likeness (QED) is 0.756. The highest BCUT2D eigenvalue weighted by atomic mass is 15.2. The van der Waals surface area contributed by atoms with Crippen LogP contribution < -0.4 is 5.32 Å². The minimum absolute atomic E-state index is 0.606. The van der Waals surface area contributed by atoms with Gasteiger partial charge in [0.2, 0.25) is 5.95 Å². The third kappa shape index (κ3) is 3.26. The van der Waals surface area contributed by atoms with E-state index in [0.717, 1.165) is 24.5 Å². The lowest BCUT2D eigenvalue weighted by molar-refractivity contribution is 0.424. The Bertz CT molecular complexity index is 297. The maximum Gasteiger partial charge on any atom is 0.243 e. The largest absolute Gasteiger partial charge is 0.352 e. The van der Waals surface area contributed by atoms with Crippen molar-refractivity contribution >= 4 is 5.95 Å². The summed E-state index contributed by atoms with van der Waals surface area (Å²) in [5.74, 6) is 0.606. The third-order valence-corrected chi connectivity index (χ3v) is 1.93. The molecular formula is C9H17N5. The van der Waals surface area contributed by atoms with E-state index in [1.54, 1.807) is 0 Å². The van der Waals surface area contributed by atoms with Crippen LogP contribution in [0.25, 0.3) is 0 Å². The average Bonchev–Trinajstić information content (AvgIpc) is 2.10. The SMILES string of the molecule is Cc1nnc(NCCN(C)C)nc1C. The fraction of sp³-hybridized carbons (Fsp3) is 0.667. The zero-order valence-electron chi connectivity index (χ0n) is 9.20. The van der Waals surface area contributed by atoms with E-state index in [9.17, 15) is 0 Å². The van der Waals surface area contributed by atoms with Gasteiger partial charge in [0.25, 0.3) is 0 Å². The van der Waals surface area contributed by atoms with E-state index >= 15 is 0 Å². The van der Waals surface area contributed by atoms with Crippen LogP contribution >= 0.6 is 0 Å². The van der Waals surface area contributed by atoms with Gasteiger partial charge in [-0.15, -0.1) is 5.10 Å². The smallest absolute Gasteiger partial charge is 0.243 e. The summed E-state index contributed by atoms with van der Waals surface area (Å²) in [6, 6.07) is 0. The Morgan fingerprint density at radius 2 is 1.86 bits per heavy atom. The topological polar surface area (TPSA) is 53.9 Å². The first-order valence-electron chi connectivity index (χ1n) is 4.66. The highest BCUT2D eigenvalue weighted by Crippen LogP contribution is 2.00. The molecule has 0 saturated heterocycles. The van der Waals surface area contributed by atoms with Crippen LogP contribution in [-0.2, 0) is 0 Å². The molecule has 1 N–H and O–H groups in total. The highest BCUT2D eigenvalue weighted by molar-refractivity contribution is 5.24. The first-order chi connectivity index (χ1) is 6.59. The standard InChI is InChI=1S/C9H17N5/c1-7-8(2)12-13-9(11-7)10-5-6-14(3)4/h5-6H2,1-4H3,(H,10,11,13). The number of likely N-dealkylation sites (N-methyl/N-ethyl adjacent to an activating group) is 1. The normalized spacial score (nSPS) is 10.6. The second kappa shape index (κ2) is 4.85. The molecule has 0 atom stereocenters. The molecule has 0 spiro atoms. The Morgan fingerprint density at radius 3 is 2.43 bits per heavy atom. The number of nitrogens with one attached hydrogen (secondary N) is 1. The molecule has 0 aliphatic heterocycles. The summed E-state index contributed by atoms with van der Waals surface area (Å²) in [7, 11) is 4.06. The van der Waals surface area contributed by atoms with E-state index in [1.807, 2.05) is 27.9 Å². The predicted octanol–water partition coefficient (Wildman–Crippen LogP) is 0.462. The van der Waals surface area contributed by atoms with Gasteiger partial charge in [0.05, 0.1) is 11.4 Å². The number of aryl methyl sites for hydroxylation is 2. The monoisotopic (exact) mass is 195 g/mol. The predicted molar refractivity (Wildman–Crippen MR) is 56.3 cm³/mol. The summed E-state index contributed by atoms with van der Waals surface area (Å²) in [6.45, 7) is 5.62. The molecule has 0 aliphatic rings. The number of aromatic nitrogens is 3. The molecule has 1 aromatic rings. The minimum Gasteiger partial charge on any atom is -0.352 e. The third-order valence-electron chi connectivity index (χ3n) is 1.93. The summed E-state index contributed by atoms with van der Waals surface area (Å²) < 4.78 is 0. The summed E-state index contributed by atoms with van der Waals surface area (Å²) in [4.78, 5) is 6.37. The summed E-state index contributed by atoms with van der Waals surface area (Å²) in [5.41, 5.74) is 1.80. The van der Waals surface area contributed by atoms with Crippen LogP contribution in [0.15, 0.2) is 0 Å². The zero-order chi connectivity index (χ0) is 10.6. The molecule has 0 amide bonds. The molecule has 1 rings (SSSR count). The van der Waals surface area contributed by atoms with E-state index < -0.39 is 0 Å². The maximum atomic E-state index is 4.27. The van der Waals surface area contributed by atoms with E-state index in [2.05, 4.69) is 25.4 Å². The van der Waals surface area contributed by atoms with Gasteiger partial charge in [-0.05, 0) is 27.9 Å². The van der Waals surface area contributed by atoms with E-state index in [0.29, 0.717) is 5.95 Å². The molecule has 0 aromatic carbocycles. The fourth-order valence-corrected chi connectivity index (χ4v) is 0.923. The zero-order valence-corrected chi connectivity index (χ0v) is 9.20. The van der Waals surface area contributed by atoms with Crippen molar-refractivity contribution in [3.63, 3.8) is 0 Å². The van der Waals surface area contributed by atoms with Gasteiger partial charge >= 0.3 is 0 Å². The average molecular weight is 195 g/mol. The van der Waals surface area contributed by atoms with Crippen molar-refractivity contribution in [3.8, 4) is 0 Å². The molecule has 14 heavy (non-hydrogen) atoms. The van der Waals surface area contributed by atoms with Crippen LogP contribution in [0.3, 0.4) is 0 Å². The lowest BCUT2D eigenvalue weighted by Gasteiger charge is -2.10. The second-order valence-corrected chi connectivity index (χ2v) is 3.54. The summed E-state index contributed by atoms with van der Waals surface area (Å²) in [5, 5.41) is 11.1. The Balaban J connectivity index is 2.47. The minimum atomic E-state index is 0.606. The number of hydrogen-bond donors (Lipinski definition) is 1. The second-order valence-electron chi connectivity index (χ2n) is 3.54. The lowest BCUT2D eigenvalue weighted by atomic mass is 10.4. The van der Waals surface area contributed by atoms with Crippen LogP contribution in [0.1, 0.15) is 11.4 Å². The lowest BCUT2D eigenvalue weighted by Crippen LogP contribution is -2.21. The van der Waals surface area contributed by atoms with E-state index in [1.165, 1.54) is 0 Å². The Morgan fingerprint density at radius 1 is 1.14 bits per heavy atom. The molecule has 0 unspecified atom stereocenters. The van der Waals surface area contributed by atoms with Crippen LogP contribution in [-0.4, -0.2) is 47.3 Å². The van der Waals surface area contributed by atoms with Crippen molar-refractivity contribution in [2.75, 3.05) is 32.5 Å². The Kier molecular flexibility index (Phi) is 3.76. The van der Waals surface area contributed by atoms with Crippen LogP contribution in [0.4, 0.5) is 5.95 Å². The van der Waals surface area contributed by atoms with Crippen LogP contribution in [0.2, 0.25) is 0 Å². The number of rotatable bonds is 4. The molecule has 0 aliphatic carbocycles. The Hall–Kier alpha value is -1.23. The van der Waals surface area contributed by atoms with Crippen molar-refractivity contribution in [1.29, 1.82) is 0 Å². The Labute approximate surface area is 84.6 Å². The molecule has 0 saturated carbocycles. The molecule has 1 aromatic heterocycles. The van der Waals surface area contributed by atoms with Crippen LogP contribution in [0, 0.1) is 13.8 Å². The highest BCUT2D eigenvalue weighted by Gasteiger charge is 2.00. The molecule has 0 bridgehead atoms. The van der Waals surface area contributed by atoms with Gasteiger partial charge in [0.15, 0.2) is 0 Å². The number of hydrogen-bond acceptors (Lipinski definition) is 5. The first-order valence-corrected chi connectivity index (χ1v) is 4.66. The van der Waals surface area contributed by atoms with Crippen molar-refractivity contribution in [3.05, 3.63) is 11.4 Å². The molecular weight excluding hydrogens is 178 g/mol. The number of anilines is 1. The maximum absolute atomic E-state index is 4.27. The van der Waals surface area contributed by atoms with Gasteiger partial charge in [0, 0.05) is 13.1 Å². The van der Waals surface area contributed by atoms with Crippen molar-refractivity contribution < 1.29 is 0 Å². The van der Waals surface area contributed by atoms with E-state index in [4.69, 9.17) is 0 Å². The molecule has 1 heterocycles. The van der Waals surface area contributed by atoms with Gasteiger partial charge in [-0.25, -0.2) is 4.98 Å². The molecule has 5 nitrogen and oxygen atoms in total. The summed E-state index contributed by atoms with van der Waals surface area (Å²) >= 11 is 0. The van der Waals surface area contributed by atoms with Crippen molar-refractivity contribution in [2.45, 2.75) is 13.8 Å². The molecule has 0 fully saturated rings. The molecule has 5 heteroatoms. The first kappa shape index (κ1) is 10.8. The van der Waals surface area contributed by atoms with Crippen molar-refractivity contribution in [2.24, 2.45) is 0 Å². The van der Waals surface area contributed by atoms with Gasteiger partial charge in [0.1, 0.15) is 0 Å². The van der Waals surface area contributed by atoms with Crippen molar-refractivity contribution in [1.82, 2.24) is 20.1 Å². The van der Waals surface area contributed by atoms with Gasteiger partial charge in [-0.2, -0.15) is 5.10 Å². The molecule has 0 radical (unpaired) electrons. The van der Waals surface area contributed by atoms with Crippen LogP contribution in [0.5, 0.6) is 0 Å². The fourth-order valence-electron chi connectivity index (χ4n) is 0.923. The number of nitrogens with zero attached hydrogens (tertiary/aromatic N) is 4. The van der Waals surface area contributed by atoms with Gasteiger partial charge in [-0.3, -0.25) is 0 Å². The summed E-state index contributed by atoms with van der Waals surface area (Å²) in [6.07, 6.45) is 0.